The van der Waals surface area contributed by atoms with Gasteiger partial charge in [0.25, 0.3) is 5.56 Å². The molecule has 18 heavy (non-hydrogen) atoms. The van der Waals surface area contributed by atoms with E-state index in [4.69, 9.17) is 9.84 Å². The summed E-state index contributed by atoms with van der Waals surface area (Å²) in [5.74, 6) is 0.277. The summed E-state index contributed by atoms with van der Waals surface area (Å²) in [5.41, 5.74) is 0.470. The van der Waals surface area contributed by atoms with Crippen molar-refractivity contribution < 1.29 is 9.84 Å². The van der Waals surface area contributed by atoms with Crippen LogP contribution in [0.15, 0.2) is 23.4 Å². The van der Waals surface area contributed by atoms with E-state index in [1.807, 2.05) is 10.8 Å². The highest BCUT2D eigenvalue weighted by Gasteiger charge is 2.33. The molecule has 1 aliphatic rings. The average molecular weight is 249 g/mol. The topological polar surface area (TPSA) is 80.1 Å². The molecule has 0 unspecified atom stereocenters. The molecule has 3 atom stereocenters. The third kappa shape index (κ3) is 1.65. The molecule has 0 amide bonds. The molecule has 0 radical (unpaired) electrons. The monoisotopic (exact) mass is 249 g/mol. The summed E-state index contributed by atoms with van der Waals surface area (Å²) < 4.78 is 7.64. The van der Waals surface area contributed by atoms with Gasteiger partial charge in [-0.05, 0) is 12.5 Å². The minimum Gasteiger partial charge on any atom is -0.394 e. The van der Waals surface area contributed by atoms with E-state index in [0.717, 1.165) is 6.42 Å². The SMILES string of the molecule is C[C@H]1C[C@@H](CO)O[C@H]1n1ccc2c(=O)[nH]cnc21. The Morgan fingerprint density at radius 2 is 2.50 bits per heavy atom. The Kier molecular flexibility index (Phi) is 2.68. The van der Waals surface area contributed by atoms with Gasteiger partial charge in [-0.3, -0.25) is 4.79 Å². The summed E-state index contributed by atoms with van der Waals surface area (Å²) in [6, 6.07) is 1.74. The number of hydrogen-bond donors (Lipinski definition) is 2. The molecule has 6 nitrogen and oxygen atoms in total. The van der Waals surface area contributed by atoms with E-state index < -0.39 is 0 Å². The van der Waals surface area contributed by atoms with Crippen molar-refractivity contribution >= 4 is 11.0 Å². The maximum Gasteiger partial charge on any atom is 0.260 e. The quantitative estimate of drug-likeness (QED) is 0.818. The van der Waals surface area contributed by atoms with Crippen LogP contribution >= 0.6 is 0 Å². The van der Waals surface area contributed by atoms with E-state index in [1.54, 1.807) is 6.07 Å². The summed E-state index contributed by atoms with van der Waals surface area (Å²) in [7, 11) is 0. The van der Waals surface area contributed by atoms with Crippen molar-refractivity contribution in [3.8, 4) is 0 Å². The lowest BCUT2D eigenvalue weighted by Crippen LogP contribution is -2.16. The van der Waals surface area contributed by atoms with Gasteiger partial charge in [0.15, 0.2) is 0 Å². The minimum atomic E-state index is -0.172. The van der Waals surface area contributed by atoms with Crippen LogP contribution < -0.4 is 5.56 Å². The zero-order valence-corrected chi connectivity index (χ0v) is 10.0. The van der Waals surface area contributed by atoms with Gasteiger partial charge in [0.05, 0.1) is 24.4 Å². The molecule has 3 heterocycles. The Morgan fingerprint density at radius 1 is 1.67 bits per heavy atom. The van der Waals surface area contributed by atoms with E-state index in [2.05, 4.69) is 16.9 Å². The van der Waals surface area contributed by atoms with Crippen molar-refractivity contribution in [2.75, 3.05) is 6.61 Å². The Labute approximate surface area is 103 Å². The number of nitrogens with one attached hydrogen (secondary N) is 1. The average Bonchev–Trinajstić information content (AvgIpc) is 2.93. The highest BCUT2D eigenvalue weighted by molar-refractivity contribution is 5.74. The molecule has 0 bridgehead atoms. The van der Waals surface area contributed by atoms with Gasteiger partial charge in [-0.2, -0.15) is 0 Å². The number of hydrogen-bond acceptors (Lipinski definition) is 4. The Morgan fingerprint density at radius 3 is 3.22 bits per heavy atom. The lowest BCUT2D eigenvalue weighted by Gasteiger charge is -2.17. The van der Waals surface area contributed by atoms with E-state index in [1.165, 1.54) is 6.33 Å². The summed E-state index contributed by atoms with van der Waals surface area (Å²) in [5, 5.41) is 9.71. The second kappa shape index (κ2) is 4.22. The molecule has 2 aromatic rings. The number of ether oxygens (including phenoxy) is 1. The highest BCUT2D eigenvalue weighted by Crippen LogP contribution is 2.35. The van der Waals surface area contributed by atoms with Crippen LogP contribution in [0.5, 0.6) is 0 Å². The predicted molar refractivity (Wildman–Crippen MR) is 65.1 cm³/mol. The van der Waals surface area contributed by atoms with Gasteiger partial charge in [-0.25, -0.2) is 4.98 Å². The number of aliphatic hydroxyl groups is 1. The van der Waals surface area contributed by atoms with Crippen molar-refractivity contribution in [2.24, 2.45) is 5.92 Å². The van der Waals surface area contributed by atoms with Crippen LogP contribution in [0.2, 0.25) is 0 Å². The van der Waals surface area contributed by atoms with Crippen LogP contribution in [0.3, 0.4) is 0 Å². The Balaban J connectivity index is 2.05. The summed E-state index contributed by atoms with van der Waals surface area (Å²) in [6.07, 6.45) is 3.71. The molecule has 6 heteroatoms. The molecular formula is C12H15N3O3. The van der Waals surface area contributed by atoms with E-state index in [0.29, 0.717) is 11.0 Å². The number of aromatic amines is 1. The fourth-order valence-electron chi connectivity index (χ4n) is 2.56. The summed E-state index contributed by atoms with van der Waals surface area (Å²) in [4.78, 5) is 18.4. The molecule has 0 aromatic carbocycles. The first-order chi connectivity index (χ1) is 8.70. The molecule has 0 aliphatic carbocycles. The van der Waals surface area contributed by atoms with Gasteiger partial charge in [-0.1, -0.05) is 6.92 Å². The first kappa shape index (κ1) is 11.4. The first-order valence-corrected chi connectivity index (χ1v) is 6.01. The lowest BCUT2D eigenvalue weighted by atomic mass is 10.1. The number of aliphatic hydroxyl groups excluding tert-OH is 1. The van der Waals surface area contributed by atoms with Crippen LogP contribution in [-0.4, -0.2) is 32.4 Å². The number of nitrogens with zero attached hydrogens (tertiary/aromatic N) is 2. The Hall–Kier alpha value is -1.66. The standard InChI is InChI=1S/C12H15N3O3/c1-7-4-8(5-16)18-12(7)15-3-2-9-10(15)13-6-14-11(9)17/h2-3,6-8,12,16H,4-5H2,1H3,(H,13,14,17)/t7-,8-,12+/m0/s1. The second-order valence-electron chi connectivity index (χ2n) is 4.74. The first-order valence-electron chi connectivity index (χ1n) is 6.01. The fourth-order valence-corrected chi connectivity index (χ4v) is 2.56. The molecule has 1 aliphatic heterocycles. The van der Waals surface area contributed by atoms with E-state index >= 15 is 0 Å². The summed E-state index contributed by atoms with van der Waals surface area (Å²) >= 11 is 0. The largest absolute Gasteiger partial charge is 0.394 e. The van der Waals surface area contributed by atoms with E-state index in [-0.39, 0.29) is 30.4 Å². The lowest BCUT2D eigenvalue weighted by molar-refractivity contribution is -0.0291. The molecule has 96 valence electrons. The normalized spacial score (nSPS) is 28.0. The number of fused-ring (bicyclic) bond motifs is 1. The summed E-state index contributed by atoms with van der Waals surface area (Å²) in [6.45, 7) is 2.09. The van der Waals surface area contributed by atoms with Crippen LogP contribution in [0.4, 0.5) is 0 Å². The van der Waals surface area contributed by atoms with Gasteiger partial charge in [-0.15, -0.1) is 0 Å². The zero-order chi connectivity index (χ0) is 12.7. The molecule has 1 saturated heterocycles. The maximum absolute atomic E-state index is 11.6. The van der Waals surface area contributed by atoms with Crippen molar-refractivity contribution in [3.63, 3.8) is 0 Å². The van der Waals surface area contributed by atoms with Crippen LogP contribution in [0, 0.1) is 5.92 Å². The van der Waals surface area contributed by atoms with Gasteiger partial charge < -0.3 is 19.4 Å². The molecular weight excluding hydrogens is 234 g/mol. The van der Waals surface area contributed by atoms with Gasteiger partial charge in [0.1, 0.15) is 11.9 Å². The number of aromatic nitrogens is 3. The molecule has 0 spiro atoms. The van der Waals surface area contributed by atoms with Crippen LogP contribution in [-0.2, 0) is 4.74 Å². The van der Waals surface area contributed by atoms with Crippen LogP contribution in [0.1, 0.15) is 19.6 Å². The highest BCUT2D eigenvalue weighted by atomic mass is 16.5. The molecule has 2 aromatic heterocycles. The number of H-pyrrole nitrogens is 1. The minimum absolute atomic E-state index is 0.0219. The van der Waals surface area contributed by atoms with Gasteiger partial charge in [0, 0.05) is 12.1 Å². The smallest absolute Gasteiger partial charge is 0.260 e. The molecule has 2 N–H and O–H groups in total. The molecule has 1 fully saturated rings. The molecule has 0 saturated carbocycles. The maximum atomic E-state index is 11.6. The van der Waals surface area contributed by atoms with Crippen molar-refractivity contribution in [1.29, 1.82) is 0 Å². The van der Waals surface area contributed by atoms with Gasteiger partial charge in [0.2, 0.25) is 0 Å². The fraction of sp³-hybridized carbons (Fsp3) is 0.500. The van der Waals surface area contributed by atoms with Crippen molar-refractivity contribution in [2.45, 2.75) is 25.7 Å². The third-order valence-electron chi connectivity index (χ3n) is 3.45. The predicted octanol–water partition coefficient (Wildman–Crippen LogP) is 0.641. The number of rotatable bonds is 2. The Bertz CT molecular complexity index is 618. The van der Waals surface area contributed by atoms with Crippen molar-refractivity contribution in [1.82, 2.24) is 14.5 Å². The van der Waals surface area contributed by atoms with Crippen molar-refractivity contribution in [3.05, 3.63) is 28.9 Å². The van der Waals surface area contributed by atoms with Gasteiger partial charge >= 0.3 is 0 Å². The molecule has 3 rings (SSSR count). The second-order valence-corrected chi connectivity index (χ2v) is 4.74. The van der Waals surface area contributed by atoms with Crippen LogP contribution in [0.25, 0.3) is 11.0 Å². The third-order valence-corrected chi connectivity index (χ3v) is 3.45. The van der Waals surface area contributed by atoms with E-state index in [9.17, 15) is 4.79 Å². The zero-order valence-electron chi connectivity index (χ0n) is 10.0.